The van der Waals surface area contributed by atoms with Gasteiger partial charge in [0.1, 0.15) is 6.04 Å². The average Bonchev–Trinajstić information content (AvgIpc) is 3.10. The molecule has 4 N–H and O–H groups in total. The molecule has 0 spiro atoms. The first-order valence-corrected chi connectivity index (χ1v) is 13.6. The number of nitrogens with zero attached hydrogens (tertiary/aromatic N) is 2. The molecule has 3 heterocycles. The summed E-state index contributed by atoms with van der Waals surface area (Å²) in [5.41, 5.74) is 1.45. The van der Waals surface area contributed by atoms with Crippen LogP contribution in [-0.4, -0.2) is 75.8 Å². The van der Waals surface area contributed by atoms with Crippen LogP contribution in [0.3, 0.4) is 0 Å². The van der Waals surface area contributed by atoms with E-state index in [2.05, 4.69) is 15.5 Å². The fourth-order valence-corrected chi connectivity index (χ4v) is 7.00. The van der Waals surface area contributed by atoms with Gasteiger partial charge in [-0.3, -0.25) is 14.5 Å². The molecule has 196 valence electrons. The zero-order valence-electron chi connectivity index (χ0n) is 20.8. The molecule has 5 rings (SSSR count). The Balaban J connectivity index is 1.36. The Hall–Kier alpha value is -2.65. The van der Waals surface area contributed by atoms with Gasteiger partial charge in [-0.15, -0.1) is 0 Å². The highest BCUT2D eigenvalue weighted by Crippen LogP contribution is 2.44. The number of aliphatic carboxylic acids is 1. The van der Waals surface area contributed by atoms with Gasteiger partial charge in [0.15, 0.2) is 6.04 Å². The van der Waals surface area contributed by atoms with E-state index in [1.54, 1.807) is 4.90 Å². The van der Waals surface area contributed by atoms with Crippen LogP contribution in [0, 0.1) is 0 Å². The van der Waals surface area contributed by atoms with Crippen LogP contribution in [0.2, 0.25) is 0 Å². The van der Waals surface area contributed by atoms with E-state index in [1.165, 1.54) is 44.9 Å². The first-order valence-electron chi connectivity index (χ1n) is 13.6. The second-order valence-corrected chi connectivity index (χ2v) is 10.8. The molecule has 1 aromatic rings. The number of carbonyl (C=O) groups excluding carboxylic acids is 2. The number of benzene rings is 1. The maximum Gasteiger partial charge on any atom is 0.328 e. The third-order valence-corrected chi connectivity index (χ3v) is 8.63. The summed E-state index contributed by atoms with van der Waals surface area (Å²) >= 11 is 0. The van der Waals surface area contributed by atoms with Crippen molar-refractivity contribution in [1.29, 1.82) is 0 Å². The highest BCUT2D eigenvalue weighted by atomic mass is 16.4. The van der Waals surface area contributed by atoms with Gasteiger partial charge in [0.25, 0.3) is 11.8 Å². The van der Waals surface area contributed by atoms with Gasteiger partial charge < -0.3 is 25.7 Å². The fraction of sp³-hybridized carbons (Fsp3) is 0.667. The molecule has 1 saturated carbocycles. The van der Waals surface area contributed by atoms with E-state index >= 15 is 0 Å². The molecule has 0 radical (unpaired) electrons. The minimum atomic E-state index is -1.46. The lowest BCUT2D eigenvalue weighted by Crippen LogP contribution is -2.62. The number of carbonyl (C=O) groups is 3. The quantitative estimate of drug-likeness (QED) is 0.445. The summed E-state index contributed by atoms with van der Waals surface area (Å²) in [4.78, 5) is 42.6. The van der Waals surface area contributed by atoms with Crippen LogP contribution in [0.15, 0.2) is 24.3 Å². The lowest BCUT2D eigenvalue weighted by atomic mass is 9.88. The number of aliphatic hydroxyl groups is 1. The van der Waals surface area contributed by atoms with Gasteiger partial charge in [0.05, 0.1) is 18.0 Å². The molecule has 0 aromatic heterocycles. The molecule has 9 nitrogen and oxygen atoms in total. The monoisotopic (exact) mass is 498 g/mol. The topological polar surface area (TPSA) is 122 Å². The first kappa shape index (κ1) is 25.0. The van der Waals surface area contributed by atoms with Gasteiger partial charge in [0, 0.05) is 24.2 Å². The van der Waals surface area contributed by atoms with Crippen LogP contribution in [0.4, 0.5) is 11.4 Å². The van der Waals surface area contributed by atoms with Crippen LogP contribution in [0.25, 0.3) is 0 Å². The van der Waals surface area contributed by atoms with Crippen LogP contribution in [0.5, 0.6) is 0 Å². The highest BCUT2D eigenvalue weighted by Gasteiger charge is 2.49. The number of para-hydroxylation sites is 2. The molecule has 2 saturated heterocycles. The number of hydrogen-bond donors (Lipinski definition) is 4. The van der Waals surface area contributed by atoms with Gasteiger partial charge in [-0.25, -0.2) is 4.79 Å². The normalized spacial score (nSPS) is 30.0. The minimum absolute atomic E-state index is 0.00790. The maximum atomic E-state index is 13.7. The van der Waals surface area contributed by atoms with E-state index < -0.39 is 30.6 Å². The van der Waals surface area contributed by atoms with Gasteiger partial charge in [-0.2, -0.15) is 0 Å². The van der Waals surface area contributed by atoms with E-state index in [0.717, 1.165) is 31.4 Å². The summed E-state index contributed by atoms with van der Waals surface area (Å²) in [6.45, 7) is -0.745. The summed E-state index contributed by atoms with van der Waals surface area (Å²) < 4.78 is 0. The molecule has 4 aliphatic rings. The third-order valence-electron chi connectivity index (χ3n) is 8.63. The number of anilines is 2. The molecular weight excluding hydrogens is 460 g/mol. The Morgan fingerprint density at radius 1 is 0.944 bits per heavy atom. The smallest absolute Gasteiger partial charge is 0.328 e. The van der Waals surface area contributed by atoms with Crippen molar-refractivity contribution in [3.8, 4) is 0 Å². The number of carboxylic acids is 1. The SMILES string of the molecule is O=C(N[C@@H](CO)C(=O)O)C1Nc2ccccc2N([C@H]2C[C@H]3CC[C@@H](C2)N3C2CCCCCCC2)C1=O. The lowest BCUT2D eigenvalue weighted by Gasteiger charge is -2.48. The second-order valence-electron chi connectivity index (χ2n) is 10.8. The number of piperidine rings is 1. The Labute approximate surface area is 212 Å². The number of fused-ring (bicyclic) bond motifs is 3. The summed E-state index contributed by atoms with van der Waals surface area (Å²) in [6.07, 6.45) is 13.2. The van der Waals surface area contributed by atoms with Gasteiger partial charge >= 0.3 is 5.97 Å². The number of hydrogen-bond acceptors (Lipinski definition) is 6. The molecular formula is C27H38N4O5. The Bertz CT molecular complexity index is 965. The predicted octanol–water partition coefficient (Wildman–Crippen LogP) is 2.48. The van der Waals surface area contributed by atoms with Crippen molar-refractivity contribution in [3.63, 3.8) is 0 Å². The zero-order chi connectivity index (χ0) is 25.2. The van der Waals surface area contributed by atoms with Crippen molar-refractivity contribution in [2.24, 2.45) is 0 Å². The average molecular weight is 499 g/mol. The maximum absolute atomic E-state index is 13.7. The summed E-state index contributed by atoms with van der Waals surface area (Å²) in [6, 6.07) is 6.33. The predicted molar refractivity (Wildman–Crippen MR) is 136 cm³/mol. The van der Waals surface area contributed by atoms with Crippen molar-refractivity contribution >= 4 is 29.2 Å². The molecule has 36 heavy (non-hydrogen) atoms. The van der Waals surface area contributed by atoms with Crippen LogP contribution >= 0.6 is 0 Å². The molecule has 2 amide bonds. The lowest BCUT2D eigenvalue weighted by molar-refractivity contribution is -0.143. The van der Waals surface area contributed by atoms with Crippen LogP contribution < -0.4 is 15.5 Å². The number of carboxylic acid groups (broad SMARTS) is 1. The summed E-state index contributed by atoms with van der Waals surface area (Å²) in [5.74, 6) is -2.45. The summed E-state index contributed by atoms with van der Waals surface area (Å²) in [5, 5.41) is 23.9. The summed E-state index contributed by atoms with van der Waals surface area (Å²) in [7, 11) is 0. The molecule has 1 unspecified atom stereocenters. The van der Waals surface area contributed by atoms with Crippen molar-refractivity contribution < 1.29 is 24.6 Å². The van der Waals surface area contributed by atoms with E-state index in [9.17, 15) is 24.6 Å². The van der Waals surface area contributed by atoms with Crippen molar-refractivity contribution in [2.45, 2.75) is 107 Å². The van der Waals surface area contributed by atoms with E-state index in [0.29, 0.717) is 23.8 Å². The molecule has 3 fully saturated rings. The molecule has 2 bridgehead atoms. The highest BCUT2D eigenvalue weighted by molar-refractivity contribution is 6.17. The fourth-order valence-electron chi connectivity index (χ4n) is 7.00. The zero-order valence-corrected chi connectivity index (χ0v) is 20.8. The standard InChI is InChI=1S/C27H38N4O5/c32-16-22(27(35)36)29-25(33)24-26(34)31(23-11-7-6-10-21(23)28-24)20-14-18-12-13-19(15-20)30(18)17-8-4-2-1-3-5-9-17/h6-7,10-11,17-20,22,24,28,32H,1-5,8-9,12-16H2,(H,29,33)(H,35,36)/t18-,19+,20+,22-,24?/m0/s1. The van der Waals surface area contributed by atoms with E-state index in [-0.39, 0.29) is 11.9 Å². The number of nitrogens with one attached hydrogen (secondary N) is 2. The van der Waals surface area contributed by atoms with Gasteiger partial charge in [-0.1, -0.05) is 44.2 Å². The molecule has 3 aliphatic heterocycles. The van der Waals surface area contributed by atoms with Crippen LogP contribution in [-0.2, 0) is 14.4 Å². The first-order chi connectivity index (χ1) is 17.5. The van der Waals surface area contributed by atoms with E-state index in [1.807, 2.05) is 24.3 Å². The number of rotatable bonds is 6. The molecule has 5 atom stereocenters. The number of amides is 2. The number of aliphatic hydroxyl groups excluding tert-OH is 1. The minimum Gasteiger partial charge on any atom is -0.480 e. The van der Waals surface area contributed by atoms with Gasteiger partial charge in [0.2, 0.25) is 0 Å². The Morgan fingerprint density at radius 2 is 1.58 bits per heavy atom. The molecule has 9 heteroatoms. The largest absolute Gasteiger partial charge is 0.480 e. The Morgan fingerprint density at radius 3 is 2.22 bits per heavy atom. The molecule has 1 aliphatic carbocycles. The Kier molecular flexibility index (Phi) is 7.48. The second kappa shape index (κ2) is 10.8. The van der Waals surface area contributed by atoms with Crippen LogP contribution in [0.1, 0.15) is 70.6 Å². The molecule has 1 aromatic carbocycles. The van der Waals surface area contributed by atoms with Crippen molar-refractivity contribution in [2.75, 3.05) is 16.8 Å². The van der Waals surface area contributed by atoms with E-state index in [4.69, 9.17) is 0 Å². The van der Waals surface area contributed by atoms with Crippen molar-refractivity contribution in [3.05, 3.63) is 24.3 Å². The van der Waals surface area contributed by atoms with Gasteiger partial charge in [-0.05, 0) is 50.7 Å². The van der Waals surface area contributed by atoms with Crippen molar-refractivity contribution in [1.82, 2.24) is 10.2 Å². The third kappa shape index (κ3) is 4.83.